The number of hydrogen-bond acceptors (Lipinski definition) is 3. The lowest BCUT2D eigenvalue weighted by Gasteiger charge is -2.12. The van der Waals surface area contributed by atoms with E-state index in [1.54, 1.807) is 0 Å². The van der Waals surface area contributed by atoms with Crippen LogP contribution in [0.3, 0.4) is 0 Å². The highest BCUT2D eigenvalue weighted by Gasteiger charge is 2.30. The Bertz CT molecular complexity index is 559. The van der Waals surface area contributed by atoms with E-state index in [9.17, 15) is 18.4 Å². The third kappa shape index (κ3) is 3.30. The topological polar surface area (TPSA) is 98.2 Å². The van der Waals surface area contributed by atoms with Crippen LogP contribution < -0.4 is 16.8 Å². The molecule has 1 unspecified atom stereocenters. The summed E-state index contributed by atoms with van der Waals surface area (Å²) in [4.78, 5) is 22.7. The van der Waals surface area contributed by atoms with Crippen molar-refractivity contribution in [3.63, 3.8) is 0 Å². The Kier molecular flexibility index (Phi) is 3.99. The van der Waals surface area contributed by atoms with Crippen molar-refractivity contribution in [2.75, 3.05) is 5.32 Å². The summed E-state index contributed by atoms with van der Waals surface area (Å²) in [6.07, 6.45) is 2.03. The van der Waals surface area contributed by atoms with Gasteiger partial charge < -0.3 is 16.8 Å². The fraction of sp³-hybridized carbons (Fsp3) is 0.385. The summed E-state index contributed by atoms with van der Waals surface area (Å²) in [7, 11) is 0. The van der Waals surface area contributed by atoms with Crippen LogP contribution in [0.15, 0.2) is 12.1 Å². The molecule has 5 nitrogen and oxygen atoms in total. The molecule has 7 heteroatoms. The molecule has 108 valence electrons. The predicted octanol–water partition coefficient (Wildman–Crippen LogP) is 1.13. The molecule has 0 aliphatic heterocycles. The number of amides is 2. The molecule has 1 fully saturated rings. The number of primary amides is 1. The van der Waals surface area contributed by atoms with Crippen LogP contribution in [0.2, 0.25) is 0 Å². The van der Waals surface area contributed by atoms with Gasteiger partial charge in [-0.1, -0.05) is 0 Å². The van der Waals surface area contributed by atoms with Crippen molar-refractivity contribution in [3.8, 4) is 0 Å². The van der Waals surface area contributed by atoms with Crippen LogP contribution in [0, 0.1) is 17.6 Å². The van der Waals surface area contributed by atoms with Crippen molar-refractivity contribution in [3.05, 3.63) is 29.3 Å². The Morgan fingerprint density at radius 2 is 1.95 bits per heavy atom. The Hall–Kier alpha value is -2.02. The van der Waals surface area contributed by atoms with E-state index in [1.165, 1.54) is 0 Å². The lowest BCUT2D eigenvalue weighted by Crippen LogP contribution is -2.29. The summed E-state index contributed by atoms with van der Waals surface area (Å²) in [5.41, 5.74) is 9.98. The molecule has 1 saturated carbocycles. The minimum atomic E-state index is -1.07. The van der Waals surface area contributed by atoms with E-state index in [0.717, 1.165) is 18.9 Å². The number of rotatable bonds is 5. The number of carbonyl (C=O) groups excluding carboxylic acids is 2. The van der Waals surface area contributed by atoms with Crippen LogP contribution in [0.5, 0.6) is 0 Å². The van der Waals surface area contributed by atoms with Gasteiger partial charge in [0.1, 0.15) is 11.6 Å². The van der Waals surface area contributed by atoms with Crippen molar-refractivity contribution in [2.24, 2.45) is 17.4 Å². The molecule has 20 heavy (non-hydrogen) atoms. The zero-order chi connectivity index (χ0) is 14.9. The number of carbonyl (C=O) groups is 2. The molecule has 0 bridgehead atoms. The second-order valence-corrected chi connectivity index (χ2v) is 4.93. The maximum Gasteiger partial charge on any atom is 0.251 e. The van der Waals surface area contributed by atoms with Gasteiger partial charge in [-0.05, 0) is 24.8 Å². The zero-order valence-electron chi connectivity index (χ0n) is 10.7. The molecule has 2 amide bonds. The van der Waals surface area contributed by atoms with Crippen LogP contribution in [-0.4, -0.2) is 17.9 Å². The van der Waals surface area contributed by atoms with Crippen molar-refractivity contribution in [1.29, 1.82) is 0 Å². The first kappa shape index (κ1) is 14.4. The van der Waals surface area contributed by atoms with Gasteiger partial charge in [0.25, 0.3) is 5.91 Å². The van der Waals surface area contributed by atoms with E-state index in [1.807, 2.05) is 0 Å². The van der Waals surface area contributed by atoms with Gasteiger partial charge in [0.2, 0.25) is 5.91 Å². The van der Waals surface area contributed by atoms with E-state index in [-0.39, 0.29) is 18.2 Å². The summed E-state index contributed by atoms with van der Waals surface area (Å²) in [5.74, 6) is -3.22. The number of benzene rings is 1. The van der Waals surface area contributed by atoms with Gasteiger partial charge >= 0.3 is 0 Å². The highest BCUT2D eigenvalue weighted by molar-refractivity contribution is 5.96. The van der Waals surface area contributed by atoms with Gasteiger partial charge in [0.15, 0.2) is 0 Å². The summed E-state index contributed by atoms with van der Waals surface area (Å²) < 4.78 is 26.8. The third-order valence-electron chi connectivity index (χ3n) is 3.24. The fourth-order valence-electron chi connectivity index (χ4n) is 1.94. The Morgan fingerprint density at radius 1 is 1.30 bits per heavy atom. The number of halogens is 2. The summed E-state index contributed by atoms with van der Waals surface area (Å²) in [5, 5.41) is 2.28. The second-order valence-electron chi connectivity index (χ2n) is 4.93. The van der Waals surface area contributed by atoms with Crippen molar-refractivity contribution >= 4 is 17.5 Å². The molecule has 0 heterocycles. The minimum Gasteiger partial charge on any atom is -0.366 e. The van der Waals surface area contributed by atoms with Crippen LogP contribution in [0.4, 0.5) is 14.5 Å². The fourth-order valence-corrected chi connectivity index (χ4v) is 1.94. The average Bonchev–Trinajstić information content (AvgIpc) is 3.15. The minimum absolute atomic E-state index is 0.0490. The van der Waals surface area contributed by atoms with Gasteiger partial charge in [-0.25, -0.2) is 8.78 Å². The summed E-state index contributed by atoms with van der Waals surface area (Å²) >= 11 is 0. The van der Waals surface area contributed by atoms with E-state index in [4.69, 9.17) is 11.5 Å². The number of hydrogen-bond donors (Lipinski definition) is 3. The smallest absolute Gasteiger partial charge is 0.251 e. The SMILES string of the molecule is NC(=O)c1cc(NC(=O)CC(N)C2CC2)c(F)cc1F. The summed E-state index contributed by atoms with van der Waals surface area (Å²) in [6.45, 7) is 0. The number of nitrogens with one attached hydrogen (secondary N) is 1. The van der Waals surface area contributed by atoms with Crippen molar-refractivity contribution in [2.45, 2.75) is 25.3 Å². The maximum atomic E-state index is 13.5. The number of nitrogens with two attached hydrogens (primary N) is 2. The van der Waals surface area contributed by atoms with E-state index in [0.29, 0.717) is 12.0 Å². The van der Waals surface area contributed by atoms with Crippen molar-refractivity contribution < 1.29 is 18.4 Å². The molecule has 1 aliphatic rings. The molecule has 2 rings (SSSR count). The monoisotopic (exact) mass is 283 g/mol. The largest absolute Gasteiger partial charge is 0.366 e. The predicted molar refractivity (Wildman–Crippen MR) is 68.8 cm³/mol. The molecule has 0 radical (unpaired) electrons. The summed E-state index contributed by atoms with van der Waals surface area (Å²) in [6, 6.07) is 1.12. The first-order valence-electron chi connectivity index (χ1n) is 6.22. The molecule has 1 aromatic carbocycles. The molecule has 1 aromatic rings. The average molecular weight is 283 g/mol. The molecule has 1 aliphatic carbocycles. The van der Waals surface area contributed by atoms with E-state index < -0.39 is 29.0 Å². The first-order valence-corrected chi connectivity index (χ1v) is 6.22. The highest BCUT2D eigenvalue weighted by atomic mass is 19.1. The molecular weight excluding hydrogens is 268 g/mol. The standard InChI is InChI=1S/C13H15F2N3O2/c14-8-4-9(15)11(3-7(8)13(17)20)18-12(19)5-10(16)6-1-2-6/h3-4,6,10H,1-2,5,16H2,(H2,17,20)(H,18,19). The lowest BCUT2D eigenvalue weighted by atomic mass is 10.1. The molecule has 0 spiro atoms. The molecule has 0 aromatic heterocycles. The molecule has 5 N–H and O–H groups in total. The Labute approximate surface area is 114 Å². The second kappa shape index (κ2) is 5.54. The number of anilines is 1. The van der Waals surface area contributed by atoms with E-state index in [2.05, 4.69) is 5.32 Å². The molecule has 0 saturated heterocycles. The lowest BCUT2D eigenvalue weighted by molar-refractivity contribution is -0.116. The van der Waals surface area contributed by atoms with Crippen LogP contribution in [-0.2, 0) is 4.79 Å². The van der Waals surface area contributed by atoms with Crippen LogP contribution in [0.1, 0.15) is 29.6 Å². The third-order valence-corrected chi connectivity index (χ3v) is 3.24. The van der Waals surface area contributed by atoms with Crippen LogP contribution in [0.25, 0.3) is 0 Å². The first-order chi connectivity index (χ1) is 9.38. The zero-order valence-corrected chi connectivity index (χ0v) is 10.7. The molecule has 1 atom stereocenters. The maximum absolute atomic E-state index is 13.5. The van der Waals surface area contributed by atoms with Crippen LogP contribution >= 0.6 is 0 Å². The quantitative estimate of drug-likeness (QED) is 0.755. The van der Waals surface area contributed by atoms with Gasteiger partial charge in [0.05, 0.1) is 11.3 Å². The van der Waals surface area contributed by atoms with Gasteiger partial charge in [0, 0.05) is 18.5 Å². The Morgan fingerprint density at radius 3 is 2.50 bits per heavy atom. The normalized spacial score (nSPS) is 15.8. The van der Waals surface area contributed by atoms with Gasteiger partial charge in [-0.3, -0.25) is 9.59 Å². The van der Waals surface area contributed by atoms with Gasteiger partial charge in [-0.15, -0.1) is 0 Å². The van der Waals surface area contributed by atoms with E-state index >= 15 is 0 Å². The van der Waals surface area contributed by atoms with Crippen molar-refractivity contribution in [1.82, 2.24) is 0 Å². The Balaban J connectivity index is 2.09. The van der Waals surface area contributed by atoms with Gasteiger partial charge in [-0.2, -0.15) is 0 Å². The highest BCUT2D eigenvalue weighted by Crippen LogP contribution is 2.33. The molecular formula is C13H15F2N3O2.